The van der Waals surface area contributed by atoms with Crippen molar-refractivity contribution in [3.63, 3.8) is 0 Å². The van der Waals surface area contributed by atoms with E-state index in [-0.39, 0.29) is 5.91 Å². The maximum atomic E-state index is 11.7. The number of nitrogens with zero attached hydrogens (tertiary/aromatic N) is 1. The van der Waals surface area contributed by atoms with Gasteiger partial charge in [0.15, 0.2) is 0 Å². The second kappa shape index (κ2) is 4.58. The van der Waals surface area contributed by atoms with Crippen molar-refractivity contribution in [3.8, 4) is 0 Å². The first-order chi connectivity index (χ1) is 7.19. The molecule has 1 aromatic rings. The van der Waals surface area contributed by atoms with Crippen molar-refractivity contribution in [2.24, 2.45) is 5.92 Å². The number of aryl methyl sites for hydroxylation is 1. The Morgan fingerprint density at radius 1 is 1.60 bits per heavy atom. The molecule has 1 amide bonds. The number of thiophene rings is 1. The number of hydrogen-bond acceptors (Lipinski definition) is 3. The third kappa shape index (κ3) is 2.55. The molecule has 0 radical (unpaired) electrons. The summed E-state index contributed by atoms with van der Waals surface area (Å²) in [6.07, 6.45) is 0.674. The van der Waals surface area contributed by atoms with E-state index in [1.165, 1.54) is 9.75 Å². The van der Waals surface area contributed by atoms with Gasteiger partial charge in [-0.05, 0) is 30.7 Å². The summed E-state index contributed by atoms with van der Waals surface area (Å²) in [5.41, 5.74) is 0. The summed E-state index contributed by atoms with van der Waals surface area (Å²) in [5, 5.41) is 0. The van der Waals surface area contributed by atoms with E-state index in [2.05, 4.69) is 31.7 Å². The van der Waals surface area contributed by atoms with Gasteiger partial charge in [-0.2, -0.15) is 12.6 Å². The highest BCUT2D eigenvalue weighted by Gasteiger charge is 2.28. The molecule has 1 unspecified atom stereocenters. The monoisotopic (exact) mass is 241 g/mol. The van der Waals surface area contributed by atoms with E-state index in [4.69, 9.17) is 0 Å². The molecule has 0 bridgehead atoms. The molecule has 15 heavy (non-hydrogen) atoms. The van der Waals surface area contributed by atoms with Gasteiger partial charge in [-0.1, -0.05) is 0 Å². The zero-order valence-corrected chi connectivity index (χ0v) is 10.5. The molecule has 2 nitrogen and oxygen atoms in total. The molecular weight excluding hydrogens is 226 g/mol. The van der Waals surface area contributed by atoms with Gasteiger partial charge in [0.05, 0.1) is 6.54 Å². The number of rotatable bonds is 3. The Bertz CT molecular complexity index is 361. The maximum Gasteiger partial charge on any atom is 0.223 e. The van der Waals surface area contributed by atoms with Gasteiger partial charge in [-0.15, -0.1) is 11.3 Å². The Balaban J connectivity index is 1.98. The molecule has 1 atom stereocenters. The fourth-order valence-corrected chi connectivity index (χ4v) is 3.04. The molecule has 0 N–H and O–H groups in total. The first kappa shape index (κ1) is 11.0. The van der Waals surface area contributed by atoms with Crippen LogP contribution < -0.4 is 0 Å². The quantitative estimate of drug-likeness (QED) is 0.805. The van der Waals surface area contributed by atoms with Crippen molar-refractivity contribution in [2.45, 2.75) is 19.9 Å². The van der Waals surface area contributed by atoms with Crippen LogP contribution in [0.25, 0.3) is 0 Å². The Labute approximate surface area is 99.7 Å². The maximum absolute atomic E-state index is 11.7. The highest BCUT2D eigenvalue weighted by molar-refractivity contribution is 7.80. The molecule has 1 aromatic heterocycles. The molecule has 1 saturated heterocycles. The van der Waals surface area contributed by atoms with Gasteiger partial charge < -0.3 is 4.90 Å². The normalized spacial score (nSPS) is 21.3. The molecule has 0 aliphatic carbocycles. The third-order valence-electron chi connectivity index (χ3n) is 2.70. The van der Waals surface area contributed by atoms with Gasteiger partial charge in [0.2, 0.25) is 5.91 Å². The zero-order valence-electron chi connectivity index (χ0n) is 8.77. The van der Waals surface area contributed by atoms with Crippen LogP contribution in [0.2, 0.25) is 0 Å². The van der Waals surface area contributed by atoms with Crippen LogP contribution in [0.1, 0.15) is 16.2 Å². The van der Waals surface area contributed by atoms with Crippen molar-refractivity contribution in [1.82, 2.24) is 4.90 Å². The lowest BCUT2D eigenvalue weighted by Gasteiger charge is -2.14. The number of hydrogen-bond donors (Lipinski definition) is 1. The average molecular weight is 241 g/mol. The summed E-state index contributed by atoms with van der Waals surface area (Å²) in [7, 11) is 0. The van der Waals surface area contributed by atoms with Gasteiger partial charge in [0.1, 0.15) is 0 Å². The largest absolute Gasteiger partial charge is 0.337 e. The van der Waals surface area contributed by atoms with E-state index >= 15 is 0 Å². The zero-order chi connectivity index (χ0) is 10.8. The van der Waals surface area contributed by atoms with Crippen molar-refractivity contribution in [2.75, 3.05) is 12.3 Å². The molecule has 0 spiro atoms. The lowest BCUT2D eigenvalue weighted by atomic mass is 10.1. The predicted octanol–water partition coefficient (Wildman–Crippen LogP) is 2.33. The van der Waals surface area contributed by atoms with Crippen LogP contribution in [0.4, 0.5) is 0 Å². The van der Waals surface area contributed by atoms with Gasteiger partial charge in [-0.25, -0.2) is 0 Å². The van der Waals surface area contributed by atoms with Gasteiger partial charge >= 0.3 is 0 Å². The topological polar surface area (TPSA) is 20.3 Å². The molecule has 2 heterocycles. The number of thiol groups is 1. The second-order valence-corrected chi connectivity index (χ2v) is 5.78. The van der Waals surface area contributed by atoms with Crippen LogP contribution >= 0.6 is 24.0 Å². The lowest BCUT2D eigenvalue weighted by molar-refractivity contribution is -0.128. The van der Waals surface area contributed by atoms with E-state index in [0.29, 0.717) is 12.3 Å². The van der Waals surface area contributed by atoms with Crippen LogP contribution in [-0.4, -0.2) is 23.1 Å². The van der Waals surface area contributed by atoms with E-state index in [9.17, 15) is 4.79 Å². The third-order valence-corrected chi connectivity index (χ3v) is 4.20. The molecule has 0 saturated carbocycles. The second-order valence-electron chi connectivity index (χ2n) is 4.04. The Kier molecular flexibility index (Phi) is 3.36. The number of carbonyl (C=O) groups is 1. The fourth-order valence-electron chi connectivity index (χ4n) is 1.89. The van der Waals surface area contributed by atoms with E-state index in [0.717, 1.165) is 18.8 Å². The molecule has 0 aromatic carbocycles. The molecule has 82 valence electrons. The van der Waals surface area contributed by atoms with Gasteiger partial charge in [-0.3, -0.25) is 4.79 Å². The number of likely N-dealkylation sites (tertiary alicyclic amines) is 1. The molecule has 1 aliphatic rings. The fraction of sp³-hybridized carbons (Fsp3) is 0.545. The standard InChI is InChI=1S/C11H15NOS2/c1-8-2-3-10(15-8)6-12-5-9(7-14)4-11(12)13/h2-3,9,14H,4-7H2,1H3. The predicted molar refractivity (Wildman–Crippen MR) is 66.4 cm³/mol. The van der Waals surface area contributed by atoms with Crippen molar-refractivity contribution < 1.29 is 4.79 Å². The van der Waals surface area contributed by atoms with Crippen LogP contribution in [0.15, 0.2) is 12.1 Å². The highest BCUT2D eigenvalue weighted by Crippen LogP contribution is 2.23. The van der Waals surface area contributed by atoms with Gasteiger partial charge in [0, 0.05) is 22.7 Å². The first-order valence-corrected chi connectivity index (χ1v) is 6.58. The first-order valence-electron chi connectivity index (χ1n) is 5.13. The van der Waals surface area contributed by atoms with Crippen LogP contribution in [0.5, 0.6) is 0 Å². The SMILES string of the molecule is Cc1ccc(CN2CC(CS)CC2=O)s1. The van der Waals surface area contributed by atoms with Crippen molar-refractivity contribution in [1.29, 1.82) is 0 Å². The Morgan fingerprint density at radius 2 is 2.40 bits per heavy atom. The lowest BCUT2D eigenvalue weighted by Crippen LogP contribution is -2.24. The van der Waals surface area contributed by atoms with Gasteiger partial charge in [0.25, 0.3) is 0 Å². The van der Waals surface area contributed by atoms with E-state index < -0.39 is 0 Å². The summed E-state index contributed by atoms with van der Waals surface area (Å²) < 4.78 is 0. The molecule has 1 fully saturated rings. The Morgan fingerprint density at radius 3 is 2.93 bits per heavy atom. The summed E-state index contributed by atoms with van der Waals surface area (Å²) in [5.74, 6) is 1.54. The van der Waals surface area contributed by atoms with E-state index in [1.54, 1.807) is 11.3 Å². The summed E-state index contributed by atoms with van der Waals surface area (Å²) in [6, 6.07) is 4.22. The molecule has 2 rings (SSSR count). The van der Waals surface area contributed by atoms with Crippen molar-refractivity contribution >= 4 is 29.9 Å². The van der Waals surface area contributed by atoms with Crippen LogP contribution in [0, 0.1) is 12.8 Å². The molecule has 4 heteroatoms. The summed E-state index contributed by atoms with van der Waals surface area (Å²) in [6.45, 7) is 3.75. The smallest absolute Gasteiger partial charge is 0.223 e. The van der Waals surface area contributed by atoms with Crippen molar-refractivity contribution in [3.05, 3.63) is 21.9 Å². The summed E-state index contributed by atoms with van der Waals surface area (Å²) >= 11 is 6.02. The minimum atomic E-state index is 0.278. The Hall–Kier alpha value is -0.480. The molecular formula is C11H15NOS2. The van der Waals surface area contributed by atoms with E-state index in [1.807, 2.05) is 4.90 Å². The average Bonchev–Trinajstić information content (AvgIpc) is 2.75. The summed E-state index contributed by atoms with van der Waals surface area (Å²) in [4.78, 5) is 16.2. The number of carbonyl (C=O) groups excluding carboxylic acids is 1. The highest BCUT2D eigenvalue weighted by atomic mass is 32.1. The minimum Gasteiger partial charge on any atom is -0.337 e. The van der Waals surface area contributed by atoms with Crippen LogP contribution in [0.3, 0.4) is 0 Å². The minimum absolute atomic E-state index is 0.278. The van der Waals surface area contributed by atoms with Crippen LogP contribution in [-0.2, 0) is 11.3 Å². The molecule has 1 aliphatic heterocycles. The number of amides is 1.